The van der Waals surface area contributed by atoms with Crippen molar-refractivity contribution in [2.45, 2.75) is 25.2 Å². The molecule has 1 aromatic heterocycles. The van der Waals surface area contributed by atoms with Crippen molar-refractivity contribution in [1.29, 1.82) is 0 Å². The second kappa shape index (κ2) is 6.68. The maximum atomic E-state index is 12.5. The van der Waals surface area contributed by atoms with E-state index in [1.54, 1.807) is 0 Å². The first kappa shape index (κ1) is 16.6. The summed E-state index contributed by atoms with van der Waals surface area (Å²) in [5.41, 5.74) is 7.12. The second-order valence-corrected chi connectivity index (χ2v) is 5.69. The van der Waals surface area contributed by atoms with Gasteiger partial charge in [-0.2, -0.15) is 13.2 Å². The number of hydrogen-bond acceptors (Lipinski definition) is 4. The highest BCUT2D eigenvalue weighted by atomic mass is 19.4. The van der Waals surface area contributed by atoms with Crippen LogP contribution in [0.5, 0.6) is 5.88 Å². The fourth-order valence-electron chi connectivity index (χ4n) is 2.82. The van der Waals surface area contributed by atoms with Crippen LogP contribution in [0.25, 0.3) is 0 Å². The summed E-state index contributed by atoms with van der Waals surface area (Å²) in [6.07, 6.45) is -2.92. The number of hydrogen-bond donors (Lipinski definition) is 1. The molecule has 2 heterocycles. The number of aromatic nitrogens is 1. The molecule has 1 aliphatic heterocycles. The molecule has 1 fully saturated rings. The Balaban J connectivity index is 1.64. The number of anilines is 1. The first-order valence-corrected chi connectivity index (χ1v) is 7.70. The smallest absolute Gasteiger partial charge is 0.417 e. The van der Waals surface area contributed by atoms with Crippen LogP contribution in [-0.2, 0) is 12.7 Å². The molecule has 24 heavy (non-hydrogen) atoms. The monoisotopic (exact) mass is 337 g/mol. The molecule has 4 nitrogen and oxygen atoms in total. The zero-order valence-electron chi connectivity index (χ0n) is 13.0. The van der Waals surface area contributed by atoms with Crippen molar-refractivity contribution in [3.8, 4) is 5.88 Å². The summed E-state index contributed by atoms with van der Waals surface area (Å²) >= 11 is 0. The summed E-state index contributed by atoms with van der Waals surface area (Å²) in [5.74, 6) is 0.210. The molecule has 1 atom stereocenters. The topological polar surface area (TPSA) is 51.4 Å². The highest BCUT2D eigenvalue weighted by Gasteiger charge is 2.31. The highest BCUT2D eigenvalue weighted by molar-refractivity contribution is 5.54. The third-order valence-corrected chi connectivity index (χ3v) is 4.05. The first-order valence-electron chi connectivity index (χ1n) is 7.70. The molecule has 2 aromatic rings. The summed E-state index contributed by atoms with van der Waals surface area (Å²) in [6, 6.07) is 10.2. The number of benzene rings is 1. The van der Waals surface area contributed by atoms with Gasteiger partial charge in [0.1, 0.15) is 6.10 Å². The molecular formula is C17H18F3N3O. The zero-order chi connectivity index (χ0) is 17.2. The molecule has 0 bridgehead atoms. The van der Waals surface area contributed by atoms with E-state index in [1.165, 1.54) is 6.07 Å². The number of para-hydroxylation sites is 1. The van der Waals surface area contributed by atoms with E-state index >= 15 is 0 Å². The van der Waals surface area contributed by atoms with Crippen LogP contribution in [0.15, 0.2) is 42.6 Å². The molecule has 0 unspecified atom stereocenters. The number of alkyl halides is 3. The van der Waals surface area contributed by atoms with Gasteiger partial charge in [-0.05, 0) is 17.7 Å². The molecule has 128 valence electrons. The normalized spacial score (nSPS) is 18.0. The van der Waals surface area contributed by atoms with Crippen LogP contribution >= 0.6 is 0 Å². The predicted molar refractivity (Wildman–Crippen MR) is 84.8 cm³/mol. The lowest BCUT2D eigenvalue weighted by Crippen LogP contribution is -2.26. The molecule has 1 aliphatic rings. The molecule has 3 rings (SSSR count). The van der Waals surface area contributed by atoms with Gasteiger partial charge in [-0.15, -0.1) is 0 Å². The first-order chi connectivity index (χ1) is 11.5. The molecule has 1 aromatic carbocycles. The molecule has 0 amide bonds. The zero-order valence-corrected chi connectivity index (χ0v) is 13.0. The number of rotatable bonds is 4. The highest BCUT2D eigenvalue weighted by Crippen LogP contribution is 2.30. The van der Waals surface area contributed by atoms with Gasteiger partial charge in [0.15, 0.2) is 0 Å². The Bertz CT molecular complexity index is 688. The lowest BCUT2D eigenvalue weighted by molar-refractivity contribution is -0.137. The van der Waals surface area contributed by atoms with E-state index in [4.69, 9.17) is 10.5 Å². The van der Waals surface area contributed by atoms with Crippen LogP contribution in [0.3, 0.4) is 0 Å². The fraction of sp³-hybridized carbons (Fsp3) is 0.353. The molecule has 0 radical (unpaired) electrons. The molecule has 1 saturated heterocycles. The number of nitrogens with zero attached hydrogens (tertiary/aromatic N) is 2. The van der Waals surface area contributed by atoms with Gasteiger partial charge in [0.05, 0.1) is 12.1 Å². The Kier molecular flexibility index (Phi) is 4.62. The Morgan fingerprint density at radius 1 is 1.21 bits per heavy atom. The van der Waals surface area contributed by atoms with Gasteiger partial charge in [-0.25, -0.2) is 4.98 Å². The molecule has 0 spiro atoms. The third kappa shape index (κ3) is 3.62. The SMILES string of the molecule is NCc1ccccc1N1CC[C@H](Oc2ccc(C(F)(F)F)cn2)C1. The Labute approximate surface area is 138 Å². The van der Waals surface area contributed by atoms with Gasteiger partial charge >= 0.3 is 6.18 Å². The second-order valence-electron chi connectivity index (χ2n) is 5.69. The van der Waals surface area contributed by atoms with Gasteiger partial charge < -0.3 is 15.4 Å². The maximum absolute atomic E-state index is 12.5. The average Bonchev–Trinajstić information content (AvgIpc) is 3.03. The molecule has 0 aliphatic carbocycles. The number of halogens is 3. The largest absolute Gasteiger partial charge is 0.472 e. The van der Waals surface area contributed by atoms with Crippen LogP contribution in [0.1, 0.15) is 17.5 Å². The van der Waals surface area contributed by atoms with Crippen molar-refractivity contribution in [3.63, 3.8) is 0 Å². The van der Waals surface area contributed by atoms with Crippen molar-refractivity contribution in [3.05, 3.63) is 53.7 Å². The van der Waals surface area contributed by atoms with Gasteiger partial charge in [-0.1, -0.05) is 18.2 Å². The molecular weight excluding hydrogens is 319 g/mol. The minimum Gasteiger partial charge on any atom is -0.472 e. The molecule has 0 saturated carbocycles. The van der Waals surface area contributed by atoms with E-state index in [2.05, 4.69) is 9.88 Å². The standard InChI is InChI=1S/C17H18F3N3O/c18-17(19,20)13-5-6-16(22-10-13)24-14-7-8-23(11-14)15-4-2-1-3-12(15)9-21/h1-6,10,14H,7-9,11,21H2/t14-/m0/s1. The van der Waals surface area contributed by atoms with E-state index in [9.17, 15) is 13.2 Å². The lowest BCUT2D eigenvalue weighted by atomic mass is 10.1. The van der Waals surface area contributed by atoms with E-state index in [0.717, 1.165) is 36.5 Å². The van der Waals surface area contributed by atoms with Crippen LogP contribution in [-0.4, -0.2) is 24.2 Å². The molecule has 7 heteroatoms. The van der Waals surface area contributed by atoms with E-state index in [-0.39, 0.29) is 12.0 Å². The van der Waals surface area contributed by atoms with Gasteiger partial charge in [-0.3, -0.25) is 0 Å². The minimum atomic E-state index is -4.39. The predicted octanol–water partition coefficient (Wildman–Crippen LogP) is 3.22. The van der Waals surface area contributed by atoms with Crippen molar-refractivity contribution in [1.82, 2.24) is 4.98 Å². The van der Waals surface area contributed by atoms with Crippen LogP contribution < -0.4 is 15.4 Å². The summed E-state index contributed by atoms with van der Waals surface area (Å²) < 4.78 is 43.3. The van der Waals surface area contributed by atoms with Gasteiger partial charge in [0.25, 0.3) is 0 Å². The Morgan fingerprint density at radius 3 is 2.67 bits per heavy atom. The number of pyridine rings is 1. The number of nitrogens with two attached hydrogens (primary N) is 1. The van der Waals surface area contributed by atoms with E-state index in [1.807, 2.05) is 24.3 Å². The summed E-state index contributed by atoms with van der Waals surface area (Å²) in [6.45, 7) is 1.92. The van der Waals surface area contributed by atoms with E-state index < -0.39 is 11.7 Å². The molecule has 2 N–H and O–H groups in total. The fourth-order valence-corrected chi connectivity index (χ4v) is 2.82. The minimum absolute atomic E-state index is 0.111. The Morgan fingerprint density at radius 2 is 2.00 bits per heavy atom. The average molecular weight is 337 g/mol. The quantitative estimate of drug-likeness (QED) is 0.931. The van der Waals surface area contributed by atoms with Crippen molar-refractivity contribution in [2.24, 2.45) is 5.73 Å². The summed E-state index contributed by atoms with van der Waals surface area (Å²) in [7, 11) is 0. The van der Waals surface area contributed by atoms with Crippen molar-refractivity contribution in [2.75, 3.05) is 18.0 Å². The summed E-state index contributed by atoms with van der Waals surface area (Å²) in [5, 5.41) is 0. The van der Waals surface area contributed by atoms with Crippen molar-refractivity contribution >= 4 is 5.69 Å². The Hall–Kier alpha value is -2.28. The van der Waals surface area contributed by atoms with Crippen LogP contribution in [0, 0.1) is 0 Å². The summed E-state index contributed by atoms with van der Waals surface area (Å²) in [4.78, 5) is 5.94. The van der Waals surface area contributed by atoms with Crippen molar-refractivity contribution < 1.29 is 17.9 Å². The van der Waals surface area contributed by atoms with Gasteiger partial charge in [0, 0.05) is 37.5 Å². The van der Waals surface area contributed by atoms with Gasteiger partial charge in [0.2, 0.25) is 5.88 Å². The lowest BCUT2D eigenvalue weighted by Gasteiger charge is -2.21. The maximum Gasteiger partial charge on any atom is 0.417 e. The van der Waals surface area contributed by atoms with E-state index in [0.29, 0.717) is 13.1 Å². The third-order valence-electron chi connectivity index (χ3n) is 4.05. The van der Waals surface area contributed by atoms with Crippen LogP contribution in [0.2, 0.25) is 0 Å². The number of ether oxygens (including phenoxy) is 1. The van der Waals surface area contributed by atoms with Crippen LogP contribution in [0.4, 0.5) is 18.9 Å².